The van der Waals surface area contributed by atoms with Gasteiger partial charge in [0.2, 0.25) is 5.91 Å². The van der Waals surface area contributed by atoms with E-state index in [9.17, 15) is 18.0 Å². The van der Waals surface area contributed by atoms with Crippen molar-refractivity contribution >= 4 is 11.6 Å². The first kappa shape index (κ1) is 15.9. The average Bonchev–Trinajstić information content (AvgIpc) is 2.40. The predicted octanol–water partition coefficient (Wildman–Crippen LogP) is 3.67. The molecule has 0 bridgehead atoms. The van der Waals surface area contributed by atoms with Crippen LogP contribution in [-0.4, -0.2) is 5.91 Å². The summed E-state index contributed by atoms with van der Waals surface area (Å²) in [7, 11) is 0. The first-order chi connectivity index (χ1) is 10.1. The average molecular weight is 308 g/mol. The first-order valence-corrected chi connectivity index (χ1v) is 6.49. The maximum Gasteiger partial charge on any atom is 0.416 e. The van der Waals surface area contributed by atoms with Gasteiger partial charge in [0.1, 0.15) is 0 Å². The van der Waals surface area contributed by atoms with Crippen molar-refractivity contribution < 1.29 is 18.0 Å². The molecule has 1 amide bonds. The van der Waals surface area contributed by atoms with E-state index in [1.165, 1.54) is 13.0 Å². The second kappa shape index (κ2) is 5.36. The number of carbonyl (C=O) groups excluding carboxylic acids is 1. The molecule has 0 aliphatic carbocycles. The van der Waals surface area contributed by atoms with E-state index in [0.29, 0.717) is 11.1 Å². The lowest BCUT2D eigenvalue weighted by Crippen LogP contribution is -2.13. The van der Waals surface area contributed by atoms with Crippen LogP contribution in [0.4, 0.5) is 18.9 Å². The molecule has 3 nitrogen and oxygen atoms in total. The van der Waals surface area contributed by atoms with Crippen LogP contribution in [0.1, 0.15) is 27.0 Å². The monoisotopic (exact) mass is 308 g/mol. The highest BCUT2D eigenvalue weighted by atomic mass is 19.4. The van der Waals surface area contributed by atoms with Crippen LogP contribution in [0.2, 0.25) is 0 Å². The number of benzene rings is 2. The zero-order valence-corrected chi connectivity index (χ0v) is 12.1. The molecule has 4 N–H and O–H groups in total. The van der Waals surface area contributed by atoms with Gasteiger partial charge in [-0.25, -0.2) is 0 Å². The van der Waals surface area contributed by atoms with E-state index in [0.717, 1.165) is 17.7 Å². The fourth-order valence-electron chi connectivity index (χ4n) is 2.28. The van der Waals surface area contributed by atoms with E-state index in [1.807, 2.05) is 0 Å². The van der Waals surface area contributed by atoms with E-state index >= 15 is 0 Å². The summed E-state index contributed by atoms with van der Waals surface area (Å²) in [5.41, 5.74) is 12.3. The Morgan fingerprint density at radius 3 is 2.23 bits per heavy atom. The number of halogens is 3. The number of amides is 1. The zero-order valence-electron chi connectivity index (χ0n) is 12.1. The standard InChI is InChI=1S/C16H15F3N2O/c1-8-3-4-11(15(21)22)12(5-8)13-7-10(16(17,18)19)6-9(2)14(13)20/h3-7H,20H2,1-2H3,(H2,21,22). The minimum atomic E-state index is -4.50. The number of hydrogen-bond donors (Lipinski definition) is 2. The summed E-state index contributed by atoms with van der Waals surface area (Å²) in [5.74, 6) is -0.718. The molecule has 0 fully saturated rings. The molecule has 0 heterocycles. The Bertz CT molecular complexity index is 752. The predicted molar refractivity (Wildman–Crippen MR) is 79.3 cm³/mol. The van der Waals surface area contributed by atoms with Crippen LogP contribution < -0.4 is 11.5 Å². The molecule has 2 rings (SSSR count). The van der Waals surface area contributed by atoms with Crippen LogP contribution in [0.25, 0.3) is 11.1 Å². The summed E-state index contributed by atoms with van der Waals surface area (Å²) < 4.78 is 39.0. The number of rotatable bonds is 2. The molecule has 0 spiro atoms. The number of nitrogens with two attached hydrogens (primary N) is 2. The number of nitrogen functional groups attached to an aromatic ring is 1. The zero-order chi connectivity index (χ0) is 16.7. The molecule has 0 aromatic heterocycles. The van der Waals surface area contributed by atoms with Gasteiger partial charge >= 0.3 is 6.18 Å². The number of alkyl halides is 3. The van der Waals surface area contributed by atoms with E-state index in [1.54, 1.807) is 19.1 Å². The topological polar surface area (TPSA) is 69.1 Å². The van der Waals surface area contributed by atoms with Gasteiger partial charge in [0, 0.05) is 16.8 Å². The van der Waals surface area contributed by atoms with Crippen molar-refractivity contribution in [1.82, 2.24) is 0 Å². The van der Waals surface area contributed by atoms with Crippen LogP contribution in [0, 0.1) is 13.8 Å². The molecule has 0 radical (unpaired) electrons. The minimum absolute atomic E-state index is 0.135. The van der Waals surface area contributed by atoms with Crippen LogP contribution in [-0.2, 0) is 6.18 Å². The third-order valence-corrected chi connectivity index (χ3v) is 3.44. The summed E-state index contributed by atoms with van der Waals surface area (Å²) in [5, 5.41) is 0. The molecule has 0 saturated heterocycles. The minimum Gasteiger partial charge on any atom is -0.398 e. The largest absolute Gasteiger partial charge is 0.416 e. The van der Waals surface area contributed by atoms with Gasteiger partial charge < -0.3 is 11.5 Å². The normalized spacial score (nSPS) is 11.5. The van der Waals surface area contributed by atoms with Gasteiger partial charge in [-0.3, -0.25) is 4.79 Å². The van der Waals surface area contributed by atoms with Crippen molar-refractivity contribution in [2.24, 2.45) is 5.73 Å². The molecule has 22 heavy (non-hydrogen) atoms. The number of primary amides is 1. The summed E-state index contributed by atoms with van der Waals surface area (Å²) in [6.07, 6.45) is -4.50. The second-order valence-electron chi connectivity index (χ2n) is 5.17. The highest BCUT2D eigenvalue weighted by Crippen LogP contribution is 2.38. The highest BCUT2D eigenvalue weighted by molar-refractivity contribution is 6.01. The van der Waals surface area contributed by atoms with Gasteiger partial charge in [0.25, 0.3) is 0 Å². The van der Waals surface area contributed by atoms with Gasteiger partial charge in [-0.15, -0.1) is 0 Å². The molecule has 0 aliphatic rings. The van der Waals surface area contributed by atoms with Crippen LogP contribution in [0.5, 0.6) is 0 Å². The van der Waals surface area contributed by atoms with E-state index in [2.05, 4.69) is 0 Å². The van der Waals surface area contributed by atoms with Crippen molar-refractivity contribution in [3.8, 4) is 11.1 Å². The summed E-state index contributed by atoms with van der Waals surface area (Å²) in [6, 6.07) is 6.69. The van der Waals surface area contributed by atoms with E-state index in [4.69, 9.17) is 11.5 Å². The fraction of sp³-hybridized carbons (Fsp3) is 0.188. The molecule has 2 aromatic carbocycles. The summed E-state index contributed by atoms with van der Waals surface area (Å²) in [6.45, 7) is 3.26. The molecule has 0 saturated carbocycles. The lowest BCUT2D eigenvalue weighted by molar-refractivity contribution is -0.137. The third-order valence-electron chi connectivity index (χ3n) is 3.44. The van der Waals surface area contributed by atoms with Crippen LogP contribution in [0.15, 0.2) is 30.3 Å². The summed E-state index contributed by atoms with van der Waals surface area (Å²) in [4.78, 5) is 11.5. The molecular weight excluding hydrogens is 293 g/mol. The lowest BCUT2D eigenvalue weighted by atomic mass is 9.92. The van der Waals surface area contributed by atoms with Crippen molar-refractivity contribution in [1.29, 1.82) is 0 Å². The number of anilines is 1. The molecule has 2 aromatic rings. The van der Waals surface area contributed by atoms with Crippen LogP contribution >= 0.6 is 0 Å². The van der Waals surface area contributed by atoms with Gasteiger partial charge in [-0.2, -0.15) is 13.2 Å². The maximum atomic E-state index is 13.0. The fourth-order valence-corrected chi connectivity index (χ4v) is 2.28. The van der Waals surface area contributed by atoms with Crippen LogP contribution in [0.3, 0.4) is 0 Å². The Kier molecular flexibility index (Phi) is 3.87. The Morgan fingerprint density at radius 2 is 1.68 bits per heavy atom. The lowest BCUT2D eigenvalue weighted by Gasteiger charge is -2.16. The van der Waals surface area contributed by atoms with Crippen molar-refractivity contribution in [2.45, 2.75) is 20.0 Å². The maximum absolute atomic E-state index is 13.0. The van der Waals surface area contributed by atoms with E-state index in [-0.39, 0.29) is 16.8 Å². The third kappa shape index (κ3) is 2.90. The Hall–Kier alpha value is -2.50. The van der Waals surface area contributed by atoms with Gasteiger partial charge in [-0.05, 0) is 43.2 Å². The molecule has 116 valence electrons. The van der Waals surface area contributed by atoms with Crippen molar-refractivity contribution in [3.63, 3.8) is 0 Å². The first-order valence-electron chi connectivity index (χ1n) is 6.49. The molecule has 0 aliphatic heterocycles. The smallest absolute Gasteiger partial charge is 0.398 e. The van der Waals surface area contributed by atoms with Gasteiger partial charge in [0.15, 0.2) is 0 Å². The Morgan fingerprint density at radius 1 is 1.05 bits per heavy atom. The quantitative estimate of drug-likeness (QED) is 0.831. The molecule has 0 atom stereocenters. The summed E-state index contributed by atoms with van der Waals surface area (Å²) >= 11 is 0. The molecule has 0 unspecified atom stereocenters. The molecule has 6 heteroatoms. The Balaban J connectivity index is 2.80. The Labute approximate surface area is 125 Å². The van der Waals surface area contributed by atoms with Gasteiger partial charge in [-0.1, -0.05) is 17.7 Å². The van der Waals surface area contributed by atoms with E-state index < -0.39 is 17.6 Å². The number of hydrogen-bond acceptors (Lipinski definition) is 2. The number of carbonyl (C=O) groups is 1. The number of aryl methyl sites for hydroxylation is 2. The van der Waals surface area contributed by atoms with Crippen molar-refractivity contribution in [2.75, 3.05) is 5.73 Å². The second-order valence-corrected chi connectivity index (χ2v) is 5.17. The van der Waals surface area contributed by atoms with Gasteiger partial charge in [0.05, 0.1) is 5.56 Å². The molecular formula is C16H15F3N2O. The highest BCUT2D eigenvalue weighted by Gasteiger charge is 2.32. The SMILES string of the molecule is Cc1ccc(C(N)=O)c(-c2cc(C(F)(F)F)cc(C)c2N)c1. The van der Waals surface area contributed by atoms with Crippen molar-refractivity contribution in [3.05, 3.63) is 52.6 Å².